The molecule has 1 aromatic rings. The molecule has 4 nitrogen and oxygen atoms in total. The first kappa shape index (κ1) is 10.6. The second-order valence-electron chi connectivity index (χ2n) is 3.67. The summed E-state index contributed by atoms with van der Waals surface area (Å²) in [4.78, 5) is 17.9. The number of aromatic nitrogens is 1. The van der Waals surface area contributed by atoms with Crippen molar-refractivity contribution in [1.29, 1.82) is 0 Å². The molecule has 5 heteroatoms. The maximum atomic E-state index is 11.7. The lowest BCUT2D eigenvalue weighted by Gasteiger charge is -2.18. The van der Waals surface area contributed by atoms with Crippen molar-refractivity contribution in [3.8, 4) is 0 Å². The summed E-state index contributed by atoms with van der Waals surface area (Å²) >= 11 is 1.63. The lowest BCUT2D eigenvalue weighted by molar-refractivity contribution is -0.131. The highest BCUT2D eigenvalue weighted by Gasteiger charge is 2.17. The predicted molar refractivity (Wildman–Crippen MR) is 59.8 cm³/mol. The first-order valence-corrected chi connectivity index (χ1v) is 6.03. The predicted octanol–water partition coefficient (Wildman–Crippen LogP) is 0.773. The molecule has 1 aliphatic heterocycles. The number of rotatable bonds is 2. The van der Waals surface area contributed by atoms with Crippen LogP contribution < -0.4 is 5.32 Å². The fraction of sp³-hybridized carbons (Fsp3) is 0.600. The molecule has 2 rings (SSSR count). The largest absolute Gasteiger partial charge is 0.335 e. The minimum absolute atomic E-state index is 0.227. The maximum Gasteiger partial charge on any atom is 0.224 e. The van der Waals surface area contributed by atoms with E-state index < -0.39 is 0 Å². The van der Waals surface area contributed by atoms with Crippen LogP contribution in [-0.4, -0.2) is 35.4 Å². The van der Waals surface area contributed by atoms with Gasteiger partial charge in [0.05, 0.1) is 17.2 Å². The van der Waals surface area contributed by atoms with Gasteiger partial charge in [0.1, 0.15) is 0 Å². The lowest BCUT2D eigenvalue weighted by atomic mass is 10.3. The molecule has 82 valence electrons. The summed E-state index contributed by atoms with van der Waals surface area (Å²) in [7, 11) is 0. The van der Waals surface area contributed by atoms with Gasteiger partial charge >= 0.3 is 0 Å². The van der Waals surface area contributed by atoms with E-state index in [1.165, 1.54) is 0 Å². The van der Waals surface area contributed by atoms with Gasteiger partial charge in [0.25, 0.3) is 0 Å². The van der Waals surface area contributed by atoms with Crippen LogP contribution in [0.1, 0.15) is 17.1 Å². The molecule has 1 aromatic heterocycles. The van der Waals surface area contributed by atoms with E-state index in [9.17, 15) is 4.79 Å². The Balaban J connectivity index is 2.00. The fourth-order valence-electron chi connectivity index (χ4n) is 1.66. The number of amides is 1. The highest BCUT2D eigenvalue weighted by Crippen LogP contribution is 2.11. The van der Waals surface area contributed by atoms with Gasteiger partial charge in [-0.05, 0) is 6.92 Å². The average Bonchev–Trinajstić information content (AvgIpc) is 2.50. The number of aryl methyl sites for hydroxylation is 1. The molecular formula is C10H15N3OS. The molecule has 0 atom stereocenters. The van der Waals surface area contributed by atoms with Crippen LogP contribution in [0.3, 0.4) is 0 Å². The molecule has 1 N–H and O–H groups in total. The summed E-state index contributed by atoms with van der Waals surface area (Å²) in [5, 5.41) is 6.31. The number of nitrogens with zero attached hydrogens (tertiary/aromatic N) is 2. The van der Waals surface area contributed by atoms with Crippen LogP contribution in [0.4, 0.5) is 0 Å². The summed E-state index contributed by atoms with van der Waals surface area (Å²) in [5.41, 5.74) is 1.01. The summed E-state index contributed by atoms with van der Waals surface area (Å²) in [6.07, 6.45) is 0.600. The Morgan fingerprint density at radius 1 is 1.60 bits per heavy atom. The molecule has 0 aromatic carbocycles. The molecular weight excluding hydrogens is 210 g/mol. The van der Waals surface area contributed by atoms with Crippen LogP contribution in [0.25, 0.3) is 0 Å². The van der Waals surface area contributed by atoms with Gasteiger partial charge in [-0.3, -0.25) is 4.79 Å². The van der Waals surface area contributed by atoms with Crippen LogP contribution >= 0.6 is 11.3 Å². The standard InChI is InChI=1S/C10H15N3OS/c1-8-12-9(7-15-8)6-13-5-4-11-3-2-10(13)14/h7,11H,2-6H2,1H3. The third kappa shape index (κ3) is 2.76. The number of hydrogen-bond donors (Lipinski definition) is 1. The smallest absolute Gasteiger partial charge is 0.224 e. The summed E-state index contributed by atoms with van der Waals surface area (Å²) < 4.78 is 0. The Morgan fingerprint density at radius 3 is 3.20 bits per heavy atom. The topological polar surface area (TPSA) is 45.2 Å². The van der Waals surface area contributed by atoms with Gasteiger partial charge in [0, 0.05) is 31.4 Å². The zero-order valence-corrected chi connectivity index (χ0v) is 9.64. The van der Waals surface area contributed by atoms with E-state index in [2.05, 4.69) is 10.3 Å². The summed E-state index contributed by atoms with van der Waals surface area (Å²) in [5.74, 6) is 0.227. The van der Waals surface area contributed by atoms with Crippen molar-refractivity contribution < 1.29 is 4.79 Å². The Morgan fingerprint density at radius 2 is 2.47 bits per heavy atom. The van der Waals surface area contributed by atoms with Crippen molar-refractivity contribution in [2.75, 3.05) is 19.6 Å². The number of thiazole rings is 1. The van der Waals surface area contributed by atoms with Gasteiger partial charge in [-0.1, -0.05) is 0 Å². The van der Waals surface area contributed by atoms with Crippen molar-refractivity contribution in [1.82, 2.24) is 15.2 Å². The van der Waals surface area contributed by atoms with Crippen molar-refractivity contribution in [2.24, 2.45) is 0 Å². The molecule has 0 radical (unpaired) electrons. The first-order valence-electron chi connectivity index (χ1n) is 5.15. The fourth-order valence-corrected chi connectivity index (χ4v) is 2.26. The second kappa shape index (κ2) is 4.72. The lowest BCUT2D eigenvalue weighted by Crippen LogP contribution is -2.31. The van der Waals surface area contributed by atoms with Crippen molar-refractivity contribution >= 4 is 17.2 Å². The van der Waals surface area contributed by atoms with Gasteiger partial charge in [-0.2, -0.15) is 0 Å². The molecule has 0 unspecified atom stereocenters. The average molecular weight is 225 g/mol. The molecule has 0 saturated carbocycles. The number of carbonyl (C=O) groups excluding carboxylic acids is 1. The van der Waals surface area contributed by atoms with E-state index in [-0.39, 0.29) is 5.91 Å². The molecule has 15 heavy (non-hydrogen) atoms. The first-order chi connectivity index (χ1) is 7.25. The molecule has 0 spiro atoms. The second-order valence-corrected chi connectivity index (χ2v) is 4.74. The number of carbonyl (C=O) groups is 1. The minimum Gasteiger partial charge on any atom is -0.335 e. The van der Waals surface area contributed by atoms with Gasteiger partial charge in [-0.25, -0.2) is 4.98 Å². The van der Waals surface area contributed by atoms with E-state index in [1.54, 1.807) is 11.3 Å². The SMILES string of the molecule is Cc1nc(CN2CCNCCC2=O)cs1. The molecule has 1 fully saturated rings. The normalized spacial score (nSPS) is 17.9. The van der Waals surface area contributed by atoms with E-state index in [4.69, 9.17) is 0 Å². The third-order valence-electron chi connectivity index (χ3n) is 2.45. The summed E-state index contributed by atoms with van der Waals surface area (Å²) in [6.45, 7) is 5.11. The third-order valence-corrected chi connectivity index (χ3v) is 3.27. The Bertz CT molecular complexity index is 350. The quantitative estimate of drug-likeness (QED) is 0.808. The maximum absolute atomic E-state index is 11.7. The minimum atomic E-state index is 0.227. The Labute approximate surface area is 93.3 Å². The Hall–Kier alpha value is -0.940. The molecule has 1 saturated heterocycles. The zero-order valence-electron chi connectivity index (χ0n) is 8.82. The van der Waals surface area contributed by atoms with Gasteiger partial charge < -0.3 is 10.2 Å². The zero-order chi connectivity index (χ0) is 10.7. The molecule has 2 heterocycles. The van der Waals surface area contributed by atoms with Gasteiger partial charge in [0.15, 0.2) is 0 Å². The number of nitrogens with one attached hydrogen (secondary N) is 1. The van der Waals surface area contributed by atoms with Crippen molar-refractivity contribution in [2.45, 2.75) is 19.9 Å². The van der Waals surface area contributed by atoms with E-state index >= 15 is 0 Å². The van der Waals surface area contributed by atoms with Crippen LogP contribution in [0.5, 0.6) is 0 Å². The van der Waals surface area contributed by atoms with E-state index in [0.29, 0.717) is 13.0 Å². The monoisotopic (exact) mass is 225 g/mol. The number of hydrogen-bond acceptors (Lipinski definition) is 4. The van der Waals surface area contributed by atoms with Crippen molar-refractivity contribution in [3.05, 3.63) is 16.1 Å². The van der Waals surface area contributed by atoms with Gasteiger partial charge in [0.2, 0.25) is 5.91 Å². The molecule has 1 amide bonds. The molecule has 1 aliphatic rings. The van der Waals surface area contributed by atoms with Crippen LogP contribution in [0.15, 0.2) is 5.38 Å². The van der Waals surface area contributed by atoms with Crippen LogP contribution in [-0.2, 0) is 11.3 Å². The highest BCUT2D eigenvalue weighted by molar-refractivity contribution is 7.09. The van der Waals surface area contributed by atoms with Gasteiger partial charge in [-0.15, -0.1) is 11.3 Å². The molecule has 0 bridgehead atoms. The molecule has 0 aliphatic carbocycles. The summed E-state index contributed by atoms with van der Waals surface area (Å²) in [6, 6.07) is 0. The van der Waals surface area contributed by atoms with E-state index in [1.807, 2.05) is 17.2 Å². The van der Waals surface area contributed by atoms with Crippen LogP contribution in [0.2, 0.25) is 0 Å². The van der Waals surface area contributed by atoms with Crippen molar-refractivity contribution in [3.63, 3.8) is 0 Å². The highest BCUT2D eigenvalue weighted by atomic mass is 32.1. The van der Waals surface area contributed by atoms with Crippen LogP contribution in [0, 0.1) is 6.92 Å². The van der Waals surface area contributed by atoms with E-state index in [0.717, 1.165) is 30.3 Å². The Kier molecular flexibility index (Phi) is 3.33.